The van der Waals surface area contributed by atoms with E-state index in [1.54, 1.807) is 7.11 Å². The Kier molecular flexibility index (Phi) is 5.22. The van der Waals surface area contributed by atoms with Crippen LogP contribution in [0.15, 0.2) is 54.7 Å². The summed E-state index contributed by atoms with van der Waals surface area (Å²) < 4.78 is 5.33. The van der Waals surface area contributed by atoms with Crippen molar-refractivity contribution >= 4 is 40.0 Å². The molecule has 0 aliphatic carbocycles. The van der Waals surface area contributed by atoms with Gasteiger partial charge in [-0.15, -0.1) is 0 Å². The highest BCUT2D eigenvalue weighted by molar-refractivity contribution is 6.35. The van der Waals surface area contributed by atoms with Gasteiger partial charge in [0.15, 0.2) is 0 Å². The number of benzene rings is 2. The third kappa shape index (κ3) is 3.91. The Morgan fingerprint density at radius 2 is 1.89 bits per heavy atom. The van der Waals surface area contributed by atoms with Gasteiger partial charge < -0.3 is 19.9 Å². The normalized spacial score (nSPS) is 17.1. The average Bonchev–Trinajstić information content (AvgIpc) is 3.44. The van der Waals surface area contributed by atoms with Gasteiger partial charge in [-0.1, -0.05) is 6.07 Å². The standard InChI is InChI=1S/C27H26N6O2/c1-32-9-11-33(12-10-32)25-8-4-18(16-28-25)26-20-6-3-17(14-24(20)30-31-26)13-22-21-15-19(35-2)5-7-23(21)29-27(22)34/h3-8,13-16H,9-12H2,1-2H3,(H,29,34)(H,30,31)/b22-13+. The summed E-state index contributed by atoms with van der Waals surface area (Å²) in [7, 11) is 3.77. The van der Waals surface area contributed by atoms with Gasteiger partial charge in [0, 0.05) is 60.1 Å². The largest absolute Gasteiger partial charge is 0.497 e. The number of nitrogens with one attached hydrogen (secondary N) is 2. The van der Waals surface area contributed by atoms with Gasteiger partial charge in [0.25, 0.3) is 5.91 Å². The molecule has 0 saturated carbocycles. The highest BCUT2D eigenvalue weighted by Gasteiger charge is 2.24. The molecule has 0 spiro atoms. The fraction of sp³-hybridized carbons (Fsp3) is 0.222. The molecule has 4 aromatic rings. The van der Waals surface area contributed by atoms with Gasteiger partial charge in [-0.2, -0.15) is 5.10 Å². The number of likely N-dealkylation sites (N-methyl/N-ethyl adjacent to an activating group) is 1. The Bertz CT molecular complexity index is 1450. The van der Waals surface area contributed by atoms with Crippen molar-refractivity contribution < 1.29 is 9.53 Å². The molecule has 8 heteroatoms. The zero-order chi connectivity index (χ0) is 23.9. The molecule has 0 bridgehead atoms. The third-order valence-corrected chi connectivity index (χ3v) is 6.76. The van der Waals surface area contributed by atoms with Crippen LogP contribution in [-0.4, -0.2) is 66.3 Å². The first-order chi connectivity index (χ1) is 17.1. The van der Waals surface area contributed by atoms with Crippen LogP contribution in [0.3, 0.4) is 0 Å². The van der Waals surface area contributed by atoms with Crippen LogP contribution in [-0.2, 0) is 4.79 Å². The molecule has 0 unspecified atom stereocenters. The molecule has 176 valence electrons. The van der Waals surface area contributed by atoms with Crippen LogP contribution in [0.4, 0.5) is 11.5 Å². The number of H-pyrrole nitrogens is 1. The highest BCUT2D eigenvalue weighted by Crippen LogP contribution is 2.36. The summed E-state index contributed by atoms with van der Waals surface area (Å²) in [4.78, 5) is 22.0. The zero-order valence-corrected chi connectivity index (χ0v) is 19.7. The third-order valence-electron chi connectivity index (χ3n) is 6.76. The van der Waals surface area contributed by atoms with E-state index in [1.165, 1.54) is 0 Å². The lowest BCUT2D eigenvalue weighted by Gasteiger charge is -2.33. The van der Waals surface area contributed by atoms with Crippen LogP contribution in [0.2, 0.25) is 0 Å². The van der Waals surface area contributed by atoms with Gasteiger partial charge >= 0.3 is 0 Å². The Morgan fingerprint density at radius 1 is 1.03 bits per heavy atom. The van der Waals surface area contributed by atoms with Gasteiger partial charge in [0.05, 0.1) is 12.6 Å². The second kappa shape index (κ2) is 8.56. The lowest BCUT2D eigenvalue weighted by atomic mass is 10.0. The number of fused-ring (bicyclic) bond motifs is 2. The number of piperazine rings is 1. The number of pyridine rings is 1. The summed E-state index contributed by atoms with van der Waals surface area (Å²) in [5, 5.41) is 11.6. The Morgan fingerprint density at radius 3 is 2.66 bits per heavy atom. The minimum absolute atomic E-state index is 0.120. The van der Waals surface area contributed by atoms with E-state index < -0.39 is 0 Å². The number of nitrogens with zero attached hydrogens (tertiary/aromatic N) is 4. The number of anilines is 2. The summed E-state index contributed by atoms with van der Waals surface area (Å²) >= 11 is 0. The molecule has 0 radical (unpaired) electrons. The zero-order valence-electron chi connectivity index (χ0n) is 19.7. The van der Waals surface area contributed by atoms with Crippen LogP contribution >= 0.6 is 0 Å². The fourth-order valence-electron chi connectivity index (χ4n) is 4.70. The van der Waals surface area contributed by atoms with Crippen molar-refractivity contribution in [2.45, 2.75) is 0 Å². The molecule has 2 aromatic heterocycles. The minimum atomic E-state index is -0.120. The maximum absolute atomic E-state index is 12.6. The number of rotatable bonds is 4. The average molecular weight is 467 g/mol. The van der Waals surface area contributed by atoms with E-state index in [4.69, 9.17) is 9.72 Å². The van der Waals surface area contributed by atoms with Gasteiger partial charge in [-0.25, -0.2) is 4.98 Å². The Labute approximate surface area is 203 Å². The van der Waals surface area contributed by atoms with E-state index in [1.807, 2.05) is 48.7 Å². The van der Waals surface area contributed by atoms with Crippen molar-refractivity contribution in [3.05, 3.63) is 65.9 Å². The number of hydrogen-bond donors (Lipinski definition) is 2. The second-order valence-electron chi connectivity index (χ2n) is 9.00. The van der Waals surface area contributed by atoms with Gasteiger partial charge in [-0.05, 0) is 61.2 Å². The number of amides is 1. The minimum Gasteiger partial charge on any atom is -0.497 e. The molecule has 2 aromatic carbocycles. The van der Waals surface area contributed by atoms with E-state index in [2.05, 4.69) is 44.5 Å². The summed E-state index contributed by atoms with van der Waals surface area (Å²) in [5.41, 5.74) is 5.90. The molecular formula is C27H26N6O2. The van der Waals surface area contributed by atoms with Gasteiger partial charge in [-0.3, -0.25) is 9.89 Å². The van der Waals surface area contributed by atoms with Crippen molar-refractivity contribution in [2.75, 3.05) is 50.6 Å². The molecule has 0 atom stereocenters. The lowest BCUT2D eigenvalue weighted by Crippen LogP contribution is -2.44. The maximum Gasteiger partial charge on any atom is 0.256 e. The van der Waals surface area contributed by atoms with Crippen molar-refractivity contribution in [2.24, 2.45) is 0 Å². The summed E-state index contributed by atoms with van der Waals surface area (Å²) in [6.45, 7) is 4.07. The quantitative estimate of drug-likeness (QED) is 0.444. The molecule has 2 aliphatic heterocycles. The summed E-state index contributed by atoms with van der Waals surface area (Å²) in [5.74, 6) is 1.60. The molecule has 1 amide bonds. The van der Waals surface area contributed by atoms with E-state index in [9.17, 15) is 4.79 Å². The van der Waals surface area contributed by atoms with Crippen molar-refractivity contribution in [1.29, 1.82) is 0 Å². The van der Waals surface area contributed by atoms with Crippen molar-refractivity contribution in [3.8, 4) is 17.0 Å². The number of carbonyl (C=O) groups excluding carboxylic acids is 1. The number of ether oxygens (including phenoxy) is 1. The molecule has 4 heterocycles. The lowest BCUT2D eigenvalue weighted by molar-refractivity contribution is -0.110. The topological polar surface area (TPSA) is 86.4 Å². The first-order valence-electron chi connectivity index (χ1n) is 11.7. The number of hydrogen-bond acceptors (Lipinski definition) is 6. The van der Waals surface area contributed by atoms with E-state index in [0.717, 1.165) is 71.0 Å². The van der Waals surface area contributed by atoms with E-state index >= 15 is 0 Å². The van der Waals surface area contributed by atoms with Crippen molar-refractivity contribution in [3.63, 3.8) is 0 Å². The number of aromatic nitrogens is 3. The van der Waals surface area contributed by atoms with E-state index in [0.29, 0.717) is 11.3 Å². The number of methoxy groups -OCH3 is 1. The Balaban J connectivity index is 1.28. The first-order valence-corrected chi connectivity index (χ1v) is 11.7. The molecule has 1 fully saturated rings. The molecule has 1 saturated heterocycles. The Hall–Kier alpha value is -4.17. The van der Waals surface area contributed by atoms with Gasteiger partial charge in [0.2, 0.25) is 0 Å². The van der Waals surface area contributed by atoms with Crippen LogP contribution in [0.5, 0.6) is 5.75 Å². The summed E-state index contributed by atoms with van der Waals surface area (Å²) in [6, 6.07) is 15.8. The fourth-order valence-corrected chi connectivity index (χ4v) is 4.70. The molecular weight excluding hydrogens is 440 g/mol. The molecule has 2 N–H and O–H groups in total. The predicted molar refractivity (Wildman–Crippen MR) is 139 cm³/mol. The van der Waals surface area contributed by atoms with Crippen LogP contribution in [0, 0.1) is 0 Å². The molecule has 35 heavy (non-hydrogen) atoms. The SMILES string of the molecule is COc1ccc2c(c1)/C(=C\c1ccc3c(-c4ccc(N5CCN(C)CC5)nc4)n[nH]c3c1)C(=O)N2. The van der Waals surface area contributed by atoms with Crippen LogP contribution < -0.4 is 15.0 Å². The molecule has 6 rings (SSSR count). The summed E-state index contributed by atoms with van der Waals surface area (Å²) in [6.07, 6.45) is 3.79. The van der Waals surface area contributed by atoms with Crippen molar-refractivity contribution in [1.82, 2.24) is 20.1 Å². The number of carbonyl (C=O) groups is 1. The van der Waals surface area contributed by atoms with Crippen LogP contribution in [0.25, 0.3) is 33.8 Å². The first kappa shape index (κ1) is 21.4. The second-order valence-corrected chi connectivity index (χ2v) is 9.00. The maximum atomic E-state index is 12.6. The van der Waals surface area contributed by atoms with E-state index in [-0.39, 0.29) is 5.91 Å². The molecule has 2 aliphatic rings. The smallest absolute Gasteiger partial charge is 0.256 e. The number of aromatic amines is 1. The highest BCUT2D eigenvalue weighted by atomic mass is 16.5. The van der Waals surface area contributed by atoms with Crippen LogP contribution in [0.1, 0.15) is 11.1 Å². The predicted octanol–water partition coefficient (Wildman–Crippen LogP) is 3.88. The monoisotopic (exact) mass is 466 g/mol. The molecule has 8 nitrogen and oxygen atoms in total. The van der Waals surface area contributed by atoms with Gasteiger partial charge in [0.1, 0.15) is 17.3 Å².